The van der Waals surface area contributed by atoms with E-state index >= 15 is 0 Å². The summed E-state index contributed by atoms with van der Waals surface area (Å²) in [5.74, 6) is -0.0132. The van der Waals surface area contributed by atoms with Crippen LogP contribution in [0.2, 0.25) is 0 Å². The van der Waals surface area contributed by atoms with E-state index in [2.05, 4.69) is 41.9 Å². The maximum atomic E-state index is 13.8. The number of carbonyl (C=O) groups is 1. The van der Waals surface area contributed by atoms with Crippen molar-refractivity contribution in [3.05, 3.63) is 64.6 Å². The zero-order chi connectivity index (χ0) is 21.4. The number of aryl methyl sites for hydroxylation is 3. The first-order valence-electron chi connectivity index (χ1n) is 10.1. The van der Waals surface area contributed by atoms with Gasteiger partial charge in [-0.2, -0.15) is 0 Å². The molecule has 2 aromatic carbocycles. The van der Waals surface area contributed by atoms with Crippen molar-refractivity contribution in [1.29, 1.82) is 0 Å². The van der Waals surface area contributed by atoms with Crippen LogP contribution in [0.4, 0.5) is 10.1 Å². The molecule has 1 aliphatic rings. The number of methoxy groups -OCH3 is 1. The molecule has 1 aromatic heterocycles. The van der Waals surface area contributed by atoms with Gasteiger partial charge in [0.25, 0.3) is 5.91 Å². The summed E-state index contributed by atoms with van der Waals surface area (Å²) in [5.41, 5.74) is 5.31. The third-order valence-corrected chi connectivity index (χ3v) is 5.73. The van der Waals surface area contributed by atoms with Gasteiger partial charge in [-0.15, -0.1) is 0 Å². The summed E-state index contributed by atoms with van der Waals surface area (Å²) < 4.78 is 19.3. The second kappa shape index (κ2) is 7.94. The topological polar surface area (TPSA) is 45.7 Å². The fourth-order valence-corrected chi connectivity index (χ4v) is 4.18. The van der Waals surface area contributed by atoms with E-state index in [9.17, 15) is 9.18 Å². The number of fused-ring (bicyclic) bond motifs is 1. The third-order valence-electron chi connectivity index (χ3n) is 5.73. The lowest BCUT2D eigenvalue weighted by atomic mass is 10.1. The molecule has 156 valence electrons. The van der Waals surface area contributed by atoms with Crippen molar-refractivity contribution in [1.82, 2.24) is 9.88 Å². The van der Waals surface area contributed by atoms with Crippen molar-refractivity contribution in [3.63, 3.8) is 0 Å². The Hall–Kier alpha value is -3.15. The fourth-order valence-electron chi connectivity index (χ4n) is 4.18. The van der Waals surface area contributed by atoms with Crippen molar-refractivity contribution in [2.24, 2.45) is 0 Å². The van der Waals surface area contributed by atoms with Crippen LogP contribution in [0, 0.1) is 26.6 Å². The molecule has 0 aliphatic carbocycles. The van der Waals surface area contributed by atoms with E-state index in [0.717, 1.165) is 13.1 Å². The molecule has 0 N–H and O–H groups in total. The van der Waals surface area contributed by atoms with E-state index in [1.807, 2.05) is 4.90 Å². The highest BCUT2D eigenvalue weighted by atomic mass is 19.1. The van der Waals surface area contributed by atoms with E-state index in [4.69, 9.17) is 4.74 Å². The van der Waals surface area contributed by atoms with Gasteiger partial charge in [0, 0.05) is 43.3 Å². The molecule has 0 bridgehead atoms. The minimum absolute atomic E-state index is 0.126. The van der Waals surface area contributed by atoms with Crippen LogP contribution >= 0.6 is 0 Å². The van der Waals surface area contributed by atoms with Crippen molar-refractivity contribution >= 4 is 22.5 Å². The number of anilines is 1. The maximum absolute atomic E-state index is 13.8. The van der Waals surface area contributed by atoms with Crippen LogP contribution < -0.4 is 9.64 Å². The molecule has 0 radical (unpaired) electrons. The smallest absolute Gasteiger partial charge is 0.272 e. The number of piperazine rings is 1. The molecule has 3 aromatic rings. The van der Waals surface area contributed by atoms with Crippen LogP contribution in [0.3, 0.4) is 0 Å². The maximum Gasteiger partial charge on any atom is 0.272 e. The largest absolute Gasteiger partial charge is 0.496 e. The molecule has 5 nitrogen and oxygen atoms in total. The number of aromatic nitrogens is 1. The number of hydrogen-bond donors (Lipinski definition) is 0. The van der Waals surface area contributed by atoms with Gasteiger partial charge in [0.2, 0.25) is 0 Å². The van der Waals surface area contributed by atoms with Crippen LogP contribution in [-0.2, 0) is 0 Å². The number of benzene rings is 2. The number of hydrogen-bond acceptors (Lipinski definition) is 4. The average Bonchev–Trinajstić information content (AvgIpc) is 2.73. The Balaban J connectivity index is 1.56. The molecule has 2 heterocycles. The highest BCUT2D eigenvalue weighted by molar-refractivity contribution is 5.98. The molecule has 6 heteroatoms. The highest BCUT2D eigenvalue weighted by Gasteiger charge is 2.25. The van der Waals surface area contributed by atoms with Gasteiger partial charge in [-0.1, -0.05) is 17.7 Å². The zero-order valence-electron chi connectivity index (χ0n) is 17.8. The van der Waals surface area contributed by atoms with E-state index in [-0.39, 0.29) is 11.7 Å². The fraction of sp³-hybridized carbons (Fsp3) is 0.333. The number of ether oxygens (including phenoxy) is 1. The number of carbonyl (C=O) groups excluding carboxylic acids is 1. The molecule has 1 amide bonds. The lowest BCUT2D eigenvalue weighted by molar-refractivity contribution is 0.0741. The summed E-state index contributed by atoms with van der Waals surface area (Å²) in [7, 11) is 1.52. The van der Waals surface area contributed by atoms with Gasteiger partial charge >= 0.3 is 0 Å². The zero-order valence-corrected chi connectivity index (χ0v) is 17.8. The first kappa shape index (κ1) is 20.1. The molecule has 1 aliphatic heterocycles. The Morgan fingerprint density at radius 2 is 1.73 bits per heavy atom. The third kappa shape index (κ3) is 3.70. The van der Waals surface area contributed by atoms with Gasteiger partial charge in [0.05, 0.1) is 12.6 Å². The second-order valence-electron chi connectivity index (χ2n) is 7.90. The first-order chi connectivity index (χ1) is 14.4. The summed E-state index contributed by atoms with van der Waals surface area (Å²) in [6.07, 6.45) is 0. The lowest BCUT2D eigenvalue weighted by Crippen LogP contribution is -2.49. The van der Waals surface area contributed by atoms with Crippen molar-refractivity contribution in [3.8, 4) is 5.75 Å². The molecule has 0 spiro atoms. The molecule has 4 rings (SSSR count). The summed E-state index contributed by atoms with van der Waals surface area (Å²) in [5, 5.41) is 0.575. The van der Waals surface area contributed by atoms with Crippen molar-refractivity contribution < 1.29 is 13.9 Å². The number of pyridine rings is 1. The predicted octanol–water partition coefficient (Wildman–Crippen LogP) is 4.27. The summed E-state index contributed by atoms with van der Waals surface area (Å²) in [6, 6.07) is 10.9. The van der Waals surface area contributed by atoms with Gasteiger partial charge in [-0.3, -0.25) is 4.79 Å². The quantitative estimate of drug-likeness (QED) is 0.651. The molecule has 1 fully saturated rings. The molecular formula is C24H26FN3O2. The Kier molecular flexibility index (Phi) is 5.33. The van der Waals surface area contributed by atoms with Gasteiger partial charge in [-0.25, -0.2) is 9.37 Å². The number of halogens is 1. The molecule has 0 saturated carbocycles. The Bertz CT molecular complexity index is 1120. The molecular weight excluding hydrogens is 381 g/mol. The Morgan fingerprint density at radius 3 is 2.40 bits per heavy atom. The normalized spacial score (nSPS) is 14.3. The molecule has 0 atom stereocenters. The van der Waals surface area contributed by atoms with Gasteiger partial charge in [0.15, 0.2) is 0 Å². The van der Waals surface area contributed by atoms with Crippen molar-refractivity contribution in [2.45, 2.75) is 20.8 Å². The standard InChI is InChI=1S/C24H26FN3O2/c1-15-5-6-21(16(2)11-15)27-7-9-28(10-8-27)24(29)20-14-22(30-4)19-13-18(25)12-17(3)23(19)26-20/h5-6,11-14H,7-10H2,1-4H3. The van der Waals surface area contributed by atoms with Crippen LogP contribution in [0.1, 0.15) is 27.2 Å². The minimum atomic E-state index is -0.346. The number of amides is 1. The van der Waals surface area contributed by atoms with Gasteiger partial charge < -0.3 is 14.5 Å². The van der Waals surface area contributed by atoms with Crippen LogP contribution in [0.5, 0.6) is 5.75 Å². The Morgan fingerprint density at radius 1 is 1.00 bits per heavy atom. The van der Waals surface area contributed by atoms with Crippen LogP contribution in [-0.4, -0.2) is 49.1 Å². The average molecular weight is 407 g/mol. The second-order valence-corrected chi connectivity index (χ2v) is 7.90. The summed E-state index contributed by atoms with van der Waals surface area (Å²) in [6.45, 7) is 8.78. The number of rotatable bonds is 3. The van der Waals surface area contributed by atoms with Crippen LogP contribution in [0.15, 0.2) is 36.4 Å². The molecule has 30 heavy (non-hydrogen) atoms. The highest BCUT2D eigenvalue weighted by Crippen LogP contribution is 2.29. The van der Waals surface area contributed by atoms with E-state index in [1.165, 1.54) is 36.1 Å². The summed E-state index contributed by atoms with van der Waals surface area (Å²) in [4.78, 5) is 21.9. The monoisotopic (exact) mass is 407 g/mol. The SMILES string of the molecule is COc1cc(C(=O)N2CCN(c3ccc(C)cc3C)CC2)nc2c(C)cc(F)cc12. The van der Waals surface area contributed by atoms with Gasteiger partial charge in [-0.05, 0) is 50.1 Å². The lowest BCUT2D eigenvalue weighted by Gasteiger charge is -2.36. The van der Waals surface area contributed by atoms with E-state index in [0.29, 0.717) is 41.0 Å². The van der Waals surface area contributed by atoms with Crippen molar-refractivity contribution in [2.75, 3.05) is 38.2 Å². The predicted molar refractivity (Wildman–Crippen MR) is 117 cm³/mol. The van der Waals surface area contributed by atoms with Gasteiger partial charge in [0.1, 0.15) is 17.3 Å². The van der Waals surface area contributed by atoms with E-state index < -0.39 is 0 Å². The van der Waals surface area contributed by atoms with E-state index in [1.54, 1.807) is 13.0 Å². The number of nitrogens with zero attached hydrogens (tertiary/aromatic N) is 3. The Labute approximate surface area is 176 Å². The molecule has 1 saturated heterocycles. The molecule has 0 unspecified atom stereocenters. The summed E-state index contributed by atoms with van der Waals surface area (Å²) >= 11 is 0. The minimum Gasteiger partial charge on any atom is -0.496 e. The van der Waals surface area contributed by atoms with Crippen LogP contribution in [0.25, 0.3) is 10.9 Å². The first-order valence-corrected chi connectivity index (χ1v) is 10.1.